The predicted molar refractivity (Wildman–Crippen MR) is 109 cm³/mol. The number of rotatable bonds is 5. The third-order valence-electron chi connectivity index (χ3n) is 4.15. The number of carbonyl (C=O) groups excluding carboxylic acids is 3. The van der Waals surface area contributed by atoms with Gasteiger partial charge in [0.05, 0.1) is 28.0 Å². The van der Waals surface area contributed by atoms with Crippen molar-refractivity contribution in [1.82, 2.24) is 9.88 Å². The van der Waals surface area contributed by atoms with Crippen LogP contribution in [0, 0.1) is 0 Å². The van der Waals surface area contributed by atoms with E-state index in [0.29, 0.717) is 21.8 Å². The second-order valence-electron chi connectivity index (χ2n) is 6.02. The highest BCUT2D eigenvalue weighted by Gasteiger charge is 2.36. The Kier molecular flexibility index (Phi) is 4.86. The fourth-order valence-electron chi connectivity index (χ4n) is 2.92. The number of nitrogens with zero attached hydrogens (tertiary/aromatic N) is 2. The van der Waals surface area contributed by atoms with E-state index in [2.05, 4.69) is 26.2 Å². The molecule has 0 radical (unpaired) electrons. The molecule has 142 valence electrons. The van der Waals surface area contributed by atoms with Crippen LogP contribution in [0.25, 0.3) is 10.2 Å². The quantitative estimate of drug-likeness (QED) is 0.587. The van der Waals surface area contributed by atoms with Crippen LogP contribution in [-0.2, 0) is 4.79 Å². The lowest BCUT2D eigenvalue weighted by Gasteiger charge is -2.12. The van der Waals surface area contributed by atoms with Crippen molar-refractivity contribution in [2.24, 2.45) is 0 Å². The van der Waals surface area contributed by atoms with Gasteiger partial charge in [0.2, 0.25) is 5.91 Å². The average Bonchev–Trinajstić information content (AvgIpc) is 3.15. The number of anilines is 1. The molecule has 2 heterocycles. The van der Waals surface area contributed by atoms with Crippen molar-refractivity contribution in [3.63, 3.8) is 0 Å². The van der Waals surface area contributed by atoms with Crippen LogP contribution in [0.5, 0.6) is 5.75 Å². The number of imide groups is 1. The van der Waals surface area contributed by atoms with E-state index in [0.717, 1.165) is 20.9 Å². The van der Waals surface area contributed by atoms with Crippen LogP contribution in [0.4, 0.5) is 5.13 Å². The van der Waals surface area contributed by atoms with Gasteiger partial charge in [-0.2, -0.15) is 0 Å². The minimum Gasteiger partial charge on any atom is -0.494 e. The molecule has 1 aliphatic heterocycles. The zero-order valence-electron chi connectivity index (χ0n) is 14.7. The Bertz CT molecular complexity index is 1130. The van der Waals surface area contributed by atoms with E-state index in [1.165, 1.54) is 11.3 Å². The van der Waals surface area contributed by atoms with Gasteiger partial charge in [0.25, 0.3) is 11.8 Å². The first-order valence-corrected chi connectivity index (χ1v) is 10.1. The zero-order valence-corrected chi connectivity index (χ0v) is 17.1. The topological polar surface area (TPSA) is 88.6 Å². The van der Waals surface area contributed by atoms with Crippen molar-refractivity contribution in [1.29, 1.82) is 0 Å². The third kappa shape index (κ3) is 3.38. The maximum Gasteiger partial charge on any atom is 0.262 e. The molecule has 0 saturated heterocycles. The van der Waals surface area contributed by atoms with Gasteiger partial charge in [-0.15, -0.1) is 0 Å². The number of amides is 3. The highest BCUT2D eigenvalue weighted by Crippen LogP contribution is 2.30. The van der Waals surface area contributed by atoms with Gasteiger partial charge in [-0.3, -0.25) is 19.3 Å². The van der Waals surface area contributed by atoms with Crippen LogP contribution in [0.3, 0.4) is 0 Å². The Balaban J connectivity index is 1.48. The number of carbonyl (C=O) groups is 3. The second-order valence-corrected chi connectivity index (χ2v) is 7.96. The maximum atomic E-state index is 12.5. The van der Waals surface area contributed by atoms with Crippen LogP contribution < -0.4 is 10.1 Å². The Morgan fingerprint density at radius 1 is 1.18 bits per heavy atom. The number of nitrogens with one attached hydrogen (secondary N) is 1. The lowest BCUT2D eigenvalue weighted by atomic mass is 10.1. The van der Waals surface area contributed by atoms with Crippen LogP contribution in [0.2, 0.25) is 0 Å². The summed E-state index contributed by atoms with van der Waals surface area (Å²) in [7, 11) is 0. The number of ether oxygens (including phenoxy) is 1. The first kappa shape index (κ1) is 18.6. The number of hydrogen-bond acceptors (Lipinski definition) is 6. The van der Waals surface area contributed by atoms with Gasteiger partial charge in [0.1, 0.15) is 12.3 Å². The maximum absolute atomic E-state index is 12.5. The smallest absolute Gasteiger partial charge is 0.262 e. The molecule has 2 aromatic carbocycles. The van der Waals surface area contributed by atoms with Crippen molar-refractivity contribution in [3.8, 4) is 5.75 Å². The second kappa shape index (κ2) is 7.33. The minimum atomic E-state index is -0.488. The molecule has 3 aromatic rings. The highest BCUT2D eigenvalue weighted by molar-refractivity contribution is 9.10. The SMILES string of the molecule is CCOc1ccc2nc(NC(=O)CN3C(=O)c4ccc(Br)cc4C3=O)sc2c1. The molecule has 0 bridgehead atoms. The Hall–Kier alpha value is -2.78. The molecule has 1 N–H and O–H groups in total. The van der Waals surface area contributed by atoms with Crippen molar-refractivity contribution in [2.75, 3.05) is 18.5 Å². The van der Waals surface area contributed by atoms with Crippen molar-refractivity contribution in [2.45, 2.75) is 6.92 Å². The molecule has 0 unspecified atom stereocenters. The number of thiazole rings is 1. The van der Waals surface area contributed by atoms with Crippen LogP contribution in [-0.4, -0.2) is 40.8 Å². The van der Waals surface area contributed by atoms with E-state index in [4.69, 9.17) is 4.74 Å². The summed E-state index contributed by atoms with van der Waals surface area (Å²) in [5, 5.41) is 3.06. The fourth-order valence-corrected chi connectivity index (χ4v) is 4.20. The fraction of sp³-hybridized carbons (Fsp3) is 0.158. The van der Waals surface area contributed by atoms with Gasteiger partial charge in [0.15, 0.2) is 5.13 Å². The molecule has 28 heavy (non-hydrogen) atoms. The van der Waals surface area contributed by atoms with Gasteiger partial charge in [0, 0.05) is 4.47 Å². The zero-order chi connectivity index (χ0) is 19.8. The lowest BCUT2D eigenvalue weighted by molar-refractivity contribution is -0.116. The molecular weight excluding hydrogens is 446 g/mol. The molecule has 4 rings (SSSR count). The molecule has 0 aliphatic carbocycles. The number of benzene rings is 2. The number of hydrogen-bond donors (Lipinski definition) is 1. The Morgan fingerprint density at radius 2 is 1.96 bits per heavy atom. The molecule has 7 nitrogen and oxygen atoms in total. The Labute approximate surface area is 172 Å². The summed E-state index contributed by atoms with van der Waals surface area (Å²) < 4.78 is 7.02. The van der Waals surface area contributed by atoms with E-state index in [9.17, 15) is 14.4 Å². The van der Waals surface area contributed by atoms with Gasteiger partial charge in [-0.25, -0.2) is 4.98 Å². The molecule has 9 heteroatoms. The van der Waals surface area contributed by atoms with E-state index >= 15 is 0 Å². The summed E-state index contributed by atoms with van der Waals surface area (Å²) in [6.45, 7) is 2.09. The molecule has 0 saturated carbocycles. The highest BCUT2D eigenvalue weighted by atomic mass is 79.9. The van der Waals surface area contributed by atoms with Crippen molar-refractivity contribution in [3.05, 3.63) is 52.0 Å². The Morgan fingerprint density at radius 3 is 2.75 bits per heavy atom. The van der Waals surface area contributed by atoms with E-state index in [1.54, 1.807) is 18.2 Å². The van der Waals surface area contributed by atoms with Gasteiger partial charge >= 0.3 is 0 Å². The lowest BCUT2D eigenvalue weighted by Crippen LogP contribution is -2.37. The standard InChI is InChI=1S/C19H14BrN3O4S/c1-2-27-11-4-6-14-15(8-11)28-19(21-14)22-16(24)9-23-17(25)12-5-3-10(20)7-13(12)18(23)26/h3-8H,2,9H2,1H3,(H,21,22,24). The van der Waals surface area contributed by atoms with Crippen LogP contribution in [0.15, 0.2) is 40.9 Å². The number of halogens is 1. The average molecular weight is 460 g/mol. The summed E-state index contributed by atoms with van der Waals surface area (Å²) in [6.07, 6.45) is 0. The summed E-state index contributed by atoms with van der Waals surface area (Å²) in [6, 6.07) is 10.3. The van der Waals surface area contributed by atoms with Crippen LogP contribution >= 0.6 is 27.3 Å². The molecule has 0 atom stereocenters. The number of aromatic nitrogens is 1. The normalized spacial score (nSPS) is 13.1. The molecule has 0 fully saturated rings. The molecule has 1 aliphatic rings. The number of fused-ring (bicyclic) bond motifs is 2. The molecule has 1 aromatic heterocycles. The minimum absolute atomic E-state index is 0.288. The van der Waals surface area contributed by atoms with Gasteiger partial charge in [-0.05, 0) is 43.3 Å². The van der Waals surface area contributed by atoms with Crippen LogP contribution in [0.1, 0.15) is 27.6 Å². The molecule has 3 amide bonds. The summed E-state index contributed by atoms with van der Waals surface area (Å²) in [4.78, 5) is 42.6. The third-order valence-corrected chi connectivity index (χ3v) is 5.58. The largest absolute Gasteiger partial charge is 0.494 e. The predicted octanol–water partition coefficient (Wildman–Crippen LogP) is 3.69. The van der Waals surface area contributed by atoms with E-state index in [-0.39, 0.29) is 12.1 Å². The van der Waals surface area contributed by atoms with Crippen molar-refractivity contribution < 1.29 is 19.1 Å². The van der Waals surface area contributed by atoms with Gasteiger partial charge in [-0.1, -0.05) is 27.3 Å². The first-order chi connectivity index (χ1) is 13.5. The summed E-state index contributed by atoms with van der Waals surface area (Å²) >= 11 is 4.58. The summed E-state index contributed by atoms with van der Waals surface area (Å²) in [5.74, 6) is -0.721. The first-order valence-electron chi connectivity index (χ1n) is 8.45. The van der Waals surface area contributed by atoms with Gasteiger partial charge < -0.3 is 10.1 Å². The van der Waals surface area contributed by atoms with Crippen molar-refractivity contribution >= 4 is 60.3 Å². The molecule has 0 spiro atoms. The monoisotopic (exact) mass is 459 g/mol. The summed E-state index contributed by atoms with van der Waals surface area (Å²) in [5.41, 5.74) is 1.31. The van der Waals surface area contributed by atoms with E-state index in [1.807, 2.05) is 25.1 Å². The van der Waals surface area contributed by atoms with E-state index < -0.39 is 17.7 Å². The molecular formula is C19H14BrN3O4S.